The van der Waals surface area contributed by atoms with Crippen LogP contribution in [0.5, 0.6) is 0 Å². The molecule has 1 heterocycles. The fourth-order valence-corrected chi connectivity index (χ4v) is 3.18. The zero-order valence-electron chi connectivity index (χ0n) is 13.7. The molecule has 1 fully saturated rings. The molecular weight excluding hydrogens is 331 g/mol. The van der Waals surface area contributed by atoms with Gasteiger partial charge in [0.1, 0.15) is 0 Å². The molecule has 134 valence electrons. The van der Waals surface area contributed by atoms with Gasteiger partial charge in [-0.2, -0.15) is 18.3 Å². The third-order valence-electron chi connectivity index (χ3n) is 4.59. The Morgan fingerprint density at radius 3 is 2.44 bits per heavy atom. The number of benzene rings is 1. The molecule has 7 heteroatoms. The van der Waals surface area contributed by atoms with E-state index >= 15 is 0 Å². The van der Waals surface area contributed by atoms with Gasteiger partial charge in [0.25, 0.3) is 5.91 Å². The molecule has 4 nitrogen and oxygen atoms in total. The topological polar surface area (TPSA) is 46.9 Å². The number of halogens is 3. The summed E-state index contributed by atoms with van der Waals surface area (Å²) in [7, 11) is 0. The van der Waals surface area contributed by atoms with Gasteiger partial charge in [0, 0.05) is 18.3 Å². The average molecular weight is 351 g/mol. The van der Waals surface area contributed by atoms with Gasteiger partial charge < -0.3 is 5.32 Å². The Bertz CT molecular complexity index is 716. The summed E-state index contributed by atoms with van der Waals surface area (Å²) in [5.74, 6) is 0.548. The maximum absolute atomic E-state index is 12.6. The summed E-state index contributed by atoms with van der Waals surface area (Å²) < 4.78 is 38.9. The number of nitrogens with zero attached hydrogens (tertiary/aromatic N) is 2. The molecule has 25 heavy (non-hydrogen) atoms. The summed E-state index contributed by atoms with van der Waals surface area (Å²) in [6.45, 7) is 0.652. The fourth-order valence-electron chi connectivity index (χ4n) is 3.18. The summed E-state index contributed by atoms with van der Waals surface area (Å²) in [6, 6.07) is 7.27. The number of nitrogens with one attached hydrogen (secondary N) is 1. The molecule has 0 saturated heterocycles. The normalized spacial score (nSPS) is 15.5. The molecule has 3 rings (SSSR count). The van der Waals surface area contributed by atoms with E-state index in [4.69, 9.17) is 0 Å². The van der Waals surface area contributed by atoms with Crippen LogP contribution < -0.4 is 5.32 Å². The zero-order chi connectivity index (χ0) is 17.9. The second-order valence-corrected chi connectivity index (χ2v) is 6.39. The van der Waals surface area contributed by atoms with E-state index in [0.29, 0.717) is 23.7 Å². The lowest BCUT2D eigenvalue weighted by Gasteiger charge is -2.10. The van der Waals surface area contributed by atoms with E-state index in [1.807, 2.05) is 0 Å². The fraction of sp³-hybridized carbons (Fsp3) is 0.444. The molecule has 1 aromatic carbocycles. The summed E-state index contributed by atoms with van der Waals surface area (Å²) in [6.07, 6.45) is 2.83. The molecule has 0 radical (unpaired) electrons. The quantitative estimate of drug-likeness (QED) is 0.877. The molecule has 1 aliphatic rings. The number of carbonyl (C=O) groups excluding carboxylic acids is 1. The zero-order valence-corrected chi connectivity index (χ0v) is 13.7. The Morgan fingerprint density at radius 2 is 1.84 bits per heavy atom. The van der Waals surface area contributed by atoms with Crippen LogP contribution in [0.2, 0.25) is 0 Å². The number of rotatable bonds is 5. The summed E-state index contributed by atoms with van der Waals surface area (Å²) >= 11 is 0. The first kappa shape index (κ1) is 17.5. The molecule has 2 aromatic rings. The maximum atomic E-state index is 12.6. The van der Waals surface area contributed by atoms with Crippen molar-refractivity contribution in [1.29, 1.82) is 0 Å². The van der Waals surface area contributed by atoms with Gasteiger partial charge >= 0.3 is 6.18 Å². The SMILES string of the molecule is O=C(NCCC1CCCC1)c1ccc(-n2ccc(C(F)(F)F)n2)cc1. The number of alkyl halides is 3. The van der Waals surface area contributed by atoms with Gasteiger partial charge in [-0.1, -0.05) is 25.7 Å². The highest BCUT2D eigenvalue weighted by Gasteiger charge is 2.33. The van der Waals surface area contributed by atoms with Crippen molar-refractivity contribution < 1.29 is 18.0 Å². The lowest BCUT2D eigenvalue weighted by atomic mass is 10.0. The van der Waals surface area contributed by atoms with Crippen LogP contribution in [0.15, 0.2) is 36.5 Å². The number of aromatic nitrogens is 2. The van der Waals surface area contributed by atoms with Crippen molar-refractivity contribution in [1.82, 2.24) is 15.1 Å². The van der Waals surface area contributed by atoms with Crippen molar-refractivity contribution >= 4 is 5.91 Å². The summed E-state index contributed by atoms with van der Waals surface area (Å²) in [5.41, 5.74) is 0.0117. The monoisotopic (exact) mass is 351 g/mol. The van der Waals surface area contributed by atoms with Crippen LogP contribution >= 0.6 is 0 Å². The second-order valence-electron chi connectivity index (χ2n) is 6.39. The lowest BCUT2D eigenvalue weighted by molar-refractivity contribution is -0.141. The first-order valence-electron chi connectivity index (χ1n) is 8.45. The van der Waals surface area contributed by atoms with Gasteiger partial charge in [-0.15, -0.1) is 0 Å². The van der Waals surface area contributed by atoms with E-state index in [9.17, 15) is 18.0 Å². The predicted octanol–water partition coefficient (Wildman–Crippen LogP) is 4.20. The molecule has 1 aromatic heterocycles. The molecule has 0 aliphatic heterocycles. The molecule has 1 saturated carbocycles. The Morgan fingerprint density at radius 1 is 1.16 bits per heavy atom. The molecule has 1 N–H and O–H groups in total. The minimum atomic E-state index is -4.47. The average Bonchev–Trinajstić information content (AvgIpc) is 3.26. The number of hydrogen-bond donors (Lipinski definition) is 1. The smallest absolute Gasteiger partial charge is 0.352 e. The first-order valence-corrected chi connectivity index (χ1v) is 8.45. The van der Waals surface area contributed by atoms with E-state index < -0.39 is 11.9 Å². The van der Waals surface area contributed by atoms with Gasteiger partial charge in [-0.05, 0) is 42.7 Å². The van der Waals surface area contributed by atoms with Gasteiger partial charge in [0.15, 0.2) is 5.69 Å². The molecule has 1 aliphatic carbocycles. The Labute approximate surface area is 144 Å². The van der Waals surface area contributed by atoms with Gasteiger partial charge in [-0.25, -0.2) is 4.68 Å². The van der Waals surface area contributed by atoms with Crippen LogP contribution in [-0.2, 0) is 6.18 Å². The van der Waals surface area contributed by atoms with E-state index in [-0.39, 0.29) is 5.91 Å². The molecule has 0 bridgehead atoms. The van der Waals surface area contributed by atoms with Crippen molar-refractivity contribution in [3.05, 3.63) is 47.8 Å². The van der Waals surface area contributed by atoms with E-state index in [0.717, 1.165) is 17.2 Å². The van der Waals surface area contributed by atoms with E-state index in [1.165, 1.54) is 31.9 Å². The van der Waals surface area contributed by atoms with Crippen molar-refractivity contribution in [2.75, 3.05) is 6.54 Å². The third-order valence-corrected chi connectivity index (χ3v) is 4.59. The van der Waals surface area contributed by atoms with Crippen molar-refractivity contribution in [2.45, 2.75) is 38.3 Å². The minimum Gasteiger partial charge on any atom is -0.352 e. The molecule has 0 unspecified atom stereocenters. The van der Waals surface area contributed by atoms with Crippen LogP contribution in [-0.4, -0.2) is 22.2 Å². The Kier molecular flexibility index (Phi) is 5.11. The Hall–Kier alpha value is -2.31. The largest absolute Gasteiger partial charge is 0.435 e. The molecular formula is C18H20F3N3O. The van der Waals surface area contributed by atoms with E-state index in [1.54, 1.807) is 24.3 Å². The van der Waals surface area contributed by atoms with Crippen LogP contribution in [0.3, 0.4) is 0 Å². The Balaban J connectivity index is 1.57. The number of amides is 1. The summed E-state index contributed by atoms with van der Waals surface area (Å²) in [5, 5.41) is 6.41. The number of hydrogen-bond acceptors (Lipinski definition) is 2. The van der Waals surface area contributed by atoms with Crippen molar-refractivity contribution in [2.24, 2.45) is 5.92 Å². The van der Waals surface area contributed by atoms with Crippen LogP contribution in [0, 0.1) is 5.92 Å². The predicted molar refractivity (Wildman–Crippen MR) is 87.5 cm³/mol. The second kappa shape index (κ2) is 7.29. The van der Waals surface area contributed by atoms with Crippen molar-refractivity contribution in [3.8, 4) is 5.69 Å². The first-order chi connectivity index (χ1) is 11.9. The highest BCUT2D eigenvalue weighted by Crippen LogP contribution is 2.28. The third kappa shape index (κ3) is 4.41. The number of carbonyl (C=O) groups is 1. The van der Waals surface area contributed by atoms with Crippen LogP contribution in [0.1, 0.15) is 48.2 Å². The standard InChI is InChI=1S/C18H20F3N3O/c19-18(20,21)16-10-12-24(23-16)15-7-5-14(6-8-15)17(25)22-11-9-13-3-1-2-4-13/h5-8,10,12-13H,1-4,9,11H2,(H,22,25). The maximum Gasteiger partial charge on any atom is 0.435 e. The molecule has 0 spiro atoms. The van der Waals surface area contributed by atoms with Crippen LogP contribution in [0.4, 0.5) is 13.2 Å². The van der Waals surface area contributed by atoms with Crippen molar-refractivity contribution in [3.63, 3.8) is 0 Å². The highest BCUT2D eigenvalue weighted by atomic mass is 19.4. The highest BCUT2D eigenvalue weighted by molar-refractivity contribution is 5.94. The van der Waals surface area contributed by atoms with Gasteiger partial charge in [0.05, 0.1) is 5.69 Å². The minimum absolute atomic E-state index is 0.166. The van der Waals surface area contributed by atoms with E-state index in [2.05, 4.69) is 10.4 Å². The van der Waals surface area contributed by atoms with Gasteiger partial charge in [-0.3, -0.25) is 4.79 Å². The summed E-state index contributed by atoms with van der Waals surface area (Å²) in [4.78, 5) is 12.1. The van der Waals surface area contributed by atoms with Gasteiger partial charge in [0.2, 0.25) is 0 Å². The lowest BCUT2D eigenvalue weighted by Crippen LogP contribution is -2.25. The van der Waals surface area contributed by atoms with Crippen LogP contribution in [0.25, 0.3) is 5.69 Å². The molecule has 1 amide bonds. The molecule has 0 atom stereocenters.